The highest BCUT2D eigenvalue weighted by Crippen LogP contribution is 2.56. The lowest BCUT2D eigenvalue weighted by Gasteiger charge is -2.34. The van der Waals surface area contributed by atoms with E-state index in [4.69, 9.17) is 0 Å². The zero-order valence-corrected chi connectivity index (χ0v) is 31.5. The lowest BCUT2D eigenvalue weighted by molar-refractivity contribution is 0.767. The topological polar surface area (TPSA) is 4.93 Å². The van der Waals surface area contributed by atoms with Crippen LogP contribution in [0.4, 0.5) is 0 Å². The molecule has 1 aliphatic rings. The smallest absolute Gasteiger partial charge is 0.0714 e. The first kappa shape index (κ1) is 32.0. The van der Waals surface area contributed by atoms with Crippen LogP contribution in [0.15, 0.2) is 211 Å². The molecule has 0 saturated carbocycles. The molecule has 1 nitrogen and oxygen atoms in total. The zero-order valence-electron chi connectivity index (χ0n) is 30.0. The van der Waals surface area contributed by atoms with Crippen LogP contribution in [-0.4, -0.2) is 4.57 Å². The van der Waals surface area contributed by atoms with Gasteiger partial charge in [-0.2, -0.15) is 0 Å². The molecule has 0 spiro atoms. The third kappa shape index (κ3) is 4.78. The molecule has 10 aromatic rings. The maximum absolute atomic E-state index is 3.75. The monoisotopic (exact) mass is 763 g/mol. The maximum Gasteiger partial charge on any atom is 0.0714 e. The molecule has 1 aliphatic carbocycles. The van der Waals surface area contributed by atoms with Crippen LogP contribution in [0.25, 0.3) is 71.6 Å². The fourth-order valence-electron chi connectivity index (χ4n) is 9.35. The van der Waals surface area contributed by atoms with Gasteiger partial charge in [-0.05, 0) is 96.7 Å². The molecule has 1 heterocycles. The van der Waals surface area contributed by atoms with E-state index in [9.17, 15) is 0 Å². The molecule has 0 unspecified atom stereocenters. The van der Waals surface area contributed by atoms with Crippen LogP contribution in [0.1, 0.15) is 22.3 Å². The van der Waals surface area contributed by atoms with Crippen molar-refractivity contribution in [1.29, 1.82) is 0 Å². The van der Waals surface area contributed by atoms with Gasteiger partial charge in [0.2, 0.25) is 0 Å². The van der Waals surface area contributed by atoms with Gasteiger partial charge in [0, 0.05) is 20.9 Å². The van der Waals surface area contributed by atoms with Gasteiger partial charge in [0.05, 0.1) is 16.4 Å². The quantitative estimate of drug-likeness (QED) is 0.164. The van der Waals surface area contributed by atoms with Gasteiger partial charge in [-0.15, -0.1) is 0 Å². The minimum atomic E-state index is -0.476. The number of halogens is 1. The average Bonchev–Trinajstić information content (AvgIpc) is 3.75. The van der Waals surface area contributed by atoms with Crippen LogP contribution in [0.5, 0.6) is 0 Å². The lowest BCUT2D eigenvalue weighted by Crippen LogP contribution is -2.28. The van der Waals surface area contributed by atoms with E-state index in [0.717, 1.165) is 10.2 Å². The summed E-state index contributed by atoms with van der Waals surface area (Å²) in [5.74, 6) is 0. The van der Waals surface area contributed by atoms with E-state index >= 15 is 0 Å². The molecular weight excluding hydrogens is 730 g/mol. The number of hydrogen-bond acceptors (Lipinski definition) is 0. The molecule has 0 saturated heterocycles. The fraction of sp³-hybridized carbons (Fsp3) is 0.0189. The minimum absolute atomic E-state index is 0.476. The normalized spacial score (nSPS) is 13.0. The van der Waals surface area contributed by atoms with E-state index in [2.05, 4.69) is 227 Å². The van der Waals surface area contributed by atoms with E-state index in [-0.39, 0.29) is 0 Å². The maximum atomic E-state index is 3.75. The van der Waals surface area contributed by atoms with E-state index in [0.29, 0.717) is 0 Å². The Morgan fingerprint density at radius 2 is 1.00 bits per heavy atom. The van der Waals surface area contributed by atoms with E-state index in [1.54, 1.807) is 0 Å². The summed E-state index contributed by atoms with van der Waals surface area (Å²) in [6, 6.07) is 76.0. The van der Waals surface area contributed by atoms with Gasteiger partial charge >= 0.3 is 0 Å². The van der Waals surface area contributed by atoms with Crippen molar-refractivity contribution in [3.8, 4) is 39.1 Å². The summed E-state index contributed by atoms with van der Waals surface area (Å²) in [6.07, 6.45) is 0. The zero-order chi connectivity index (χ0) is 36.5. The SMILES string of the molecule is Brc1ccccc1-c1ccc(-c2ccc3c4c5ccccc5ccc4n(-c4ccc5c(c4)C(c4ccccc4)(c4ccccc4)c4ccccc4-5)c3c2)cc1. The molecule has 1 aromatic heterocycles. The molecule has 0 aliphatic heterocycles. The summed E-state index contributed by atoms with van der Waals surface area (Å²) < 4.78 is 3.60. The van der Waals surface area contributed by atoms with Crippen LogP contribution in [-0.2, 0) is 5.41 Å². The van der Waals surface area contributed by atoms with Crippen LogP contribution in [0.2, 0.25) is 0 Å². The molecule has 0 fully saturated rings. The average molecular weight is 765 g/mol. The van der Waals surface area contributed by atoms with E-state index in [1.165, 1.54) is 88.2 Å². The highest BCUT2D eigenvalue weighted by molar-refractivity contribution is 9.10. The molecule has 11 rings (SSSR count). The Kier molecular flexibility index (Phi) is 7.30. The van der Waals surface area contributed by atoms with Crippen molar-refractivity contribution in [3.63, 3.8) is 0 Å². The number of hydrogen-bond donors (Lipinski definition) is 0. The second-order valence-electron chi connectivity index (χ2n) is 14.6. The molecule has 0 atom stereocenters. The first-order valence-corrected chi connectivity index (χ1v) is 19.7. The number of nitrogens with zero attached hydrogens (tertiary/aromatic N) is 1. The Morgan fingerprint density at radius 3 is 1.76 bits per heavy atom. The molecular formula is C53H34BrN. The van der Waals surface area contributed by atoms with Crippen molar-refractivity contribution in [3.05, 3.63) is 233 Å². The van der Waals surface area contributed by atoms with Gasteiger partial charge in [0.15, 0.2) is 0 Å². The lowest BCUT2D eigenvalue weighted by atomic mass is 9.67. The molecule has 0 amide bonds. The molecule has 0 bridgehead atoms. The first-order chi connectivity index (χ1) is 27.2. The summed E-state index contributed by atoms with van der Waals surface area (Å²) in [6.45, 7) is 0. The molecule has 0 radical (unpaired) electrons. The van der Waals surface area contributed by atoms with Crippen LogP contribution >= 0.6 is 15.9 Å². The van der Waals surface area contributed by atoms with E-state index in [1.807, 2.05) is 0 Å². The minimum Gasteiger partial charge on any atom is -0.309 e. The first-order valence-electron chi connectivity index (χ1n) is 18.9. The molecule has 9 aromatic carbocycles. The Hall–Kier alpha value is -6.48. The fourth-order valence-corrected chi connectivity index (χ4v) is 9.87. The van der Waals surface area contributed by atoms with Crippen LogP contribution in [0, 0.1) is 0 Å². The van der Waals surface area contributed by atoms with Crippen molar-refractivity contribution in [2.45, 2.75) is 5.41 Å². The molecule has 55 heavy (non-hydrogen) atoms. The van der Waals surface area contributed by atoms with Gasteiger partial charge < -0.3 is 4.57 Å². The molecule has 0 N–H and O–H groups in total. The van der Waals surface area contributed by atoms with Crippen molar-refractivity contribution < 1.29 is 0 Å². The number of fused-ring (bicyclic) bond motifs is 8. The van der Waals surface area contributed by atoms with Crippen molar-refractivity contribution in [2.24, 2.45) is 0 Å². The van der Waals surface area contributed by atoms with E-state index < -0.39 is 5.41 Å². The Labute approximate surface area is 328 Å². The molecule has 258 valence electrons. The van der Waals surface area contributed by atoms with Crippen LogP contribution in [0.3, 0.4) is 0 Å². The Balaban J connectivity index is 1.18. The summed E-state index contributed by atoms with van der Waals surface area (Å²) >= 11 is 3.75. The third-order valence-corrected chi connectivity index (χ3v) is 12.5. The summed E-state index contributed by atoms with van der Waals surface area (Å²) in [5.41, 5.74) is 15.6. The highest BCUT2D eigenvalue weighted by Gasteiger charge is 2.46. The third-order valence-electron chi connectivity index (χ3n) is 11.8. The number of aromatic nitrogens is 1. The second kappa shape index (κ2) is 12.6. The van der Waals surface area contributed by atoms with Crippen molar-refractivity contribution in [2.75, 3.05) is 0 Å². The van der Waals surface area contributed by atoms with Gasteiger partial charge in [-0.1, -0.05) is 192 Å². The Bertz CT molecular complexity index is 3040. The summed E-state index contributed by atoms with van der Waals surface area (Å²) in [5, 5.41) is 5.05. The van der Waals surface area contributed by atoms with Crippen LogP contribution < -0.4 is 0 Å². The van der Waals surface area contributed by atoms with Gasteiger partial charge in [0.25, 0.3) is 0 Å². The van der Waals surface area contributed by atoms with Gasteiger partial charge in [-0.25, -0.2) is 0 Å². The van der Waals surface area contributed by atoms with Crippen molar-refractivity contribution >= 4 is 48.5 Å². The largest absolute Gasteiger partial charge is 0.309 e. The summed E-state index contributed by atoms with van der Waals surface area (Å²) in [4.78, 5) is 0. The van der Waals surface area contributed by atoms with Crippen molar-refractivity contribution in [1.82, 2.24) is 4.57 Å². The highest BCUT2D eigenvalue weighted by atomic mass is 79.9. The van der Waals surface area contributed by atoms with Gasteiger partial charge in [-0.3, -0.25) is 0 Å². The predicted octanol–water partition coefficient (Wildman–Crippen LogP) is 14.4. The molecule has 2 heteroatoms. The summed E-state index contributed by atoms with van der Waals surface area (Å²) in [7, 11) is 0. The standard InChI is InChI=1S/C53H34BrN/c54-49-22-12-10-18-42(49)37-25-23-35(24-26-37)38-27-30-46-51(33-38)55(50-32-28-36-13-7-8-19-43(36)52(46)50)41-29-31-45-44-20-9-11-21-47(44)53(48(45)34-41,39-14-3-1-4-15-39)40-16-5-2-6-17-40/h1-34H. The Morgan fingerprint density at radius 1 is 0.382 bits per heavy atom. The number of benzene rings is 9. The second-order valence-corrected chi connectivity index (χ2v) is 15.4. The van der Waals surface area contributed by atoms with Gasteiger partial charge in [0.1, 0.15) is 0 Å². The number of rotatable bonds is 5. The predicted molar refractivity (Wildman–Crippen MR) is 234 cm³/mol.